The van der Waals surface area contributed by atoms with Gasteiger partial charge >= 0.3 is 0 Å². The van der Waals surface area contributed by atoms with E-state index in [2.05, 4.69) is 5.32 Å². The second-order valence-electron chi connectivity index (χ2n) is 6.54. The Kier molecular flexibility index (Phi) is 5.71. The highest BCUT2D eigenvalue weighted by Gasteiger charge is 2.31. The number of nitrogens with one attached hydrogen (secondary N) is 1. The molecule has 1 amide bonds. The van der Waals surface area contributed by atoms with Crippen LogP contribution in [0, 0.1) is 5.82 Å². The van der Waals surface area contributed by atoms with Crippen molar-refractivity contribution < 1.29 is 9.18 Å². The minimum Gasteiger partial charge on any atom is -0.348 e. The van der Waals surface area contributed by atoms with Crippen LogP contribution in [-0.4, -0.2) is 23.4 Å². The lowest BCUT2D eigenvalue weighted by molar-refractivity contribution is -0.123. The Hall–Kier alpha value is -1.91. The second kappa shape index (κ2) is 7.98. The first kappa shape index (κ1) is 17.9. The van der Waals surface area contributed by atoms with Gasteiger partial charge in [-0.3, -0.25) is 9.69 Å². The van der Waals surface area contributed by atoms with Crippen molar-refractivity contribution in [2.45, 2.75) is 38.4 Å². The molecular formula is C20H22ClFN2O. The molecule has 25 heavy (non-hydrogen) atoms. The van der Waals surface area contributed by atoms with E-state index in [4.69, 9.17) is 11.6 Å². The summed E-state index contributed by atoms with van der Waals surface area (Å²) in [7, 11) is 0. The first-order valence-electron chi connectivity index (χ1n) is 8.56. The van der Waals surface area contributed by atoms with Gasteiger partial charge in [-0.2, -0.15) is 0 Å². The second-order valence-corrected chi connectivity index (χ2v) is 6.95. The van der Waals surface area contributed by atoms with Gasteiger partial charge in [-0.25, -0.2) is 4.39 Å². The molecular weight excluding hydrogens is 339 g/mol. The number of amides is 1. The van der Waals surface area contributed by atoms with Crippen molar-refractivity contribution in [3.63, 3.8) is 0 Å². The van der Waals surface area contributed by atoms with E-state index in [1.165, 1.54) is 6.07 Å². The van der Waals surface area contributed by atoms with Crippen molar-refractivity contribution in [2.75, 3.05) is 6.54 Å². The van der Waals surface area contributed by atoms with E-state index in [0.29, 0.717) is 23.2 Å². The van der Waals surface area contributed by atoms with Crippen LogP contribution in [0.1, 0.15) is 36.9 Å². The van der Waals surface area contributed by atoms with Gasteiger partial charge in [0.2, 0.25) is 5.91 Å². The maximum atomic E-state index is 13.9. The largest absolute Gasteiger partial charge is 0.348 e. The van der Waals surface area contributed by atoms with Gasteiger partial charge in [0.1, 0.15) is 5.82 Å². The third-order valence-electron chi connectivity index (χ3n) is 4.49. The molecule has 3 nitrogen and oxygen atoms in total. The lowest BCUT2D eigenvalue weighted by atomic mass is 10.1. The van der Waals surface area contributed by atoms with Gasteiger partial charge in [-0.15, -0.1) is 0 Å². The fraction of sp³-hybridized carbons (Fsp3) is 0.350. The number of hydrogen-bond donors (Lipinski definition) is 1. The summed E-state index contributed by atoms with van der Waals surface area (Å²) < 4.78 is 13.9. The summed E-state index contributed by atoms with van der Waals surface area (Å²) in [5, 5.41) is 3.63. The van der Waals surface area contributed by atoms with Crippen LogP contribution in [-0.2, 0) is 11.3 Å². The van der Waals surface area contributed by atoms with E-state index >= 15 is 0 Å². The SMILES string of the molecule is CC(NC(=O)CN(Cc1ccccc1F)C1CC1)c1ccccc1Cl. The molecule has 0 aromatic heterocycles. The summed E-state index contributed by atoms with van der Waals surface area (Å²) in [6, 6.07) is 14.4. The van der Waals surface area contributed by atoms with Crippen LogP contribution < -0.4 is 5.32 Å². The van der Waals surface area contributed by atoms with Gasteiger partial charge in [-0.1, -0.05) is 48.0 Å². The minimum atomic E-state index is -0.224. The molecule has 1 aliphatic carbocycles. The van der Waals surface area contributed by atoms with Crippen molar-refractivity contribution in [1.29, 1.82) is 0 Å². The van der Waals surface area contributed by atoms with Gasteiger partial charge in [-0.05, 0) is 37.5 Å². The summed E-state index contributed by atoms with van der Waals surface area (Å²) in [5.41, 5.74) is 1.52. The van der Waals surface area contributed by atoms with Crippen LogP contribution in [0.2, 0.25) is 5.02 Å². The van der Waals surface area contributed by atoms with Gasteiger partial charge in [0.15, 0.2) is 0 Å². The zero-order valence-electron chi connectivity index (χ0n) is 14.2. The number of halogens is 2. The van der Waals surface area contributed by atoms with Gasteiger partial charge in [0.05, 0.1) is 12.6 Å². The number of carbonyl (C=O) groups is 1. The Balaban J connectivity index is 1.62. The van der Waals surface area contributed by atoms with Crippen LogP contribution in [0.3, 0.4) is 0 Å². The maximum absolute atomic E-state index is 13.9. The minimum absolute atomic E-state index is 0.0735. The first-order chi connectivity index (χ1) is 12.0. The quantitative estimate of drug-likeness (QED) is 0.797. The number of rotatable bonds is 7. The molecule has 0 aliphatic heterocycles. The number of carbonyl (C=O) groups excluding carboxylic acids is 1. The zero-order chi connectivity index (χ0) is 17.8. The zero-order valence-corrected chi connectivity index (χ0v) is 15.0. The molecule has 0 spiro atoms. The monoisotopic (exact) mass is 360 g/mol. The first-order valence-corrected chi connectivity index (χ1v) is 8.93. The standard InChI is InChI=1S/C20H22ClFN2O/c1-14(17-7-3-4-8-18(17)21)23-20(25)13-24(16-10-11-16)12-15-6-2-5-9-19(15)22/h2-9,14,16H,10-13H2,1H3,(H,23,25). The van der Waals surface area contributed by atoms with Gasteiger partial charge in [0, 0.05) is 23.2 Å². The Morgan fingerprint density at radius 2 is 1.92 bits per heavy atom. The molecule has 1 atom stereocenters. The summed E-state index contributed by atoms with van der Waals surface area (Å²) >= 11 is 6.19. The average molecular weight is 361 g/mol. The van der Waals surface area contributed by atoms with Crippen molar-refractivity contribution in [3.8, 4) is 0 Å². The predicted molar refractivity (Wildman–Crippen MR) is 97.8 cm³/mol. The van der Waals surface area contributed by atoms with Crippen LogP contribution >= 0.6 is 11.6 Å². The highest BCUT2D eigenvalue weighted by Crippen LogP contribution is 2.29. The summed E-state index contributed by atoms with van der Waals surface area (Å²) in [5.74, 6) is -0.298. The highest BCUT2D eigenvalue weighted by atomic mass is 35.5. The van der Waals surface area contributed by atoms with E-state index in [1.807, 2.05) is 42.2 Å². The molecule has 2 aromatic rings. The molecule has 1 N–H and O–H groups in total. The van der Waals surface area contributed by atoms with Crippen molar-refractivity contribution in [3.05, 3.63) is 70.5 Å². The number of benzene rings is 2. The van der Waals surface area contributed by atoms with Crippen LogP contribution in [0.15, 0.2) is 48.5 Å². The molecule has 0 bridgehead atoms. The smallest absolute Gasteiger partial charge is 0.234 e. The molecule has 3 rings (SSSR count). The summed E-state index contributed by atoms with van der Waals surface area (Å²) in [4.78, 5) is 14.5. The van der Waals surface area contributed by atoms with Crippen LogP contribution in [0.5, 0.6) is 0 Å². The molecule has 1 saturated carbocycles. The van der Waals surface area contributed by atoms with Gasteiger partial charge < -0.3 is 5.32 Å². The summed E-state index contributed by atoms with van der Waals surface area (Å²) in [6.45, 7) is 2.62. The maximum Gasteiger partial charge on any atom is 0.234 e. The third-order valence-corrected chi connectivity index (χ3v) is 4.83. The van der Waals surface area contributed by atoms with Crippen molar-refractivity contribution in [2.24, 2.45) is 0 Å². The molecule has 2 aromatic carbocycles. The van der Waals surface area contributed by atoms with Crippen molar-refractivity contribution in [1.82, 2.24) is 10.2 Å². The molecule has 0 saturated heterocycles. The van der Waals surface area contributed by atoms with Crippen LogP contribution in [0.25, 0.3) is 0 Å². The number of nitrogens with zero attached hydrogens (tertiary/aromatic N) is 1. The normalized spacial score (nSPS) is 15.2. The third kappa shape index (κ3) is 4.80. The molecule has 1 fully saturated rings. The molecule has 5 heteroatoms. The summed E-state index contributed by atoms with van der Waals surface area (Å²) in [6.07, 6.45) is 2.11. The predicted octanol–water partition coefficient (Wildman–Crippen LogP) is 4.32. The Labute approximate surface area is 152 Å². The Morgan fingerprint density at radius 1 is 1.24 bits per heavy atom. The fourth-order valence-corrected chi connectivity index (χ4v) is 3.27. The van der Waals surface area contributed by atoms with E-state index in [1.54, 1.807) is 12.1 Å². The van der Waals surface area contributed by atoms with Crippen LogP contribution in [0.4, 0.5) is 4.39 Å². The lowest BCUT2D eigenvalue weighted by Gasteiger charge is -2.23. The molecule has 0 radical (unpaired) electrons. The van der Waals surface area contributed by atoms with E-state index in [9.17, 15) is 9.18 Å². The number of hydrogen-bond acceptors (Lipinski definition) is 2. The Bertz CT molecular complexity index is 748. The topological polar surface area (TPSA) is 32.3 Å². The lowest BCUT2D eigenvalue weighted by Crippen LogP contribution is -2.39. The van der Waals surface area contributed by atoms with E-state index < -0.39 is 0 Å². The van der Waals surface area contributed by atoms with Crippen molar-refractivity contribution >= 4 is 17.5 Å². The van der Waals surface area contributed by atoms with E-state index in [-0.39, 0.29) is 24.3 Å². The molecule has 1 aliphatic rings. The van der Waals surface area contributed by atoms with E-state index in [0.717, 1.165) is 18.4 Å². The highest BCUT2D eigenvalue weighted by molar-refractivity contribution is 6.31. The average Bonchev–Trinajstić information content (AvgIpc) is 3.41. The molecule has 132 valence electrons. The Morgan fingerprint density at radius 3 is 2.60 bits per heavy atom. The fourth-order valence-electron chi connectivity index (χ4n) is 2.97. The molecule has 1 unspecified atom stereocenters. The van der Waals surface area contributed by atoms with Gasteiger partial charge in [0.25, 0.3) is 0 Å². The molecule has 0 heterocycles.